The van der Waals surface area contributed by atoms with Gasteiger partial charge in [0.25, 0.3) is 0 Å². The molecule has 0 radical (unpaired) electrons. The maximum Gasteiger partial charge on any atom is 0.126 e. The highest BCUT2D eigenvalue weighted by atomic mass is 19.1. The molecule has 0 heterocycles. The Morgan fingerprint density at radius 1 is 1.33 bits per heavy atom. The lowest BCUT2D eigenvalue weighted by Gasteiger charge is -2.34. The number of halogens is 1. The Kier molecular flexibility index (Phi) is 1.47. The molecular formula is C11H17F. The van der Waals surface area contributed by atoms with Crippen LogP contribution in [0, 0.1) is 5.41 Å². The summed E-state index contributed by atoms with van der Waals surface area (Å²) in [6, 6.07) is 0. The molecule has 0 amide bonds. The Hall–Kier alpha value is -0.330. The van der Waals surface area contributed by atoms with E-state index in [1.165, 1.54) is 31.3 Å². The van der Waals surface area contributed by atoms with E-state index in [1.807, 2.05) is 6.92 Å². The van der Waals surface area contributed by atoms with Gasteiger partial charge in [0.05, 0.1) is 0 Å². The number of alkyl halides is 1. The third-order valence-corrected chi connectivity index (χ3v) is 3.56. The summed E-state index contributed by atoms with van der Waals surface area (Å²) in [6.45, 7) is 5.27. The molecule has 0 saturated heterocycles. The second-order valence-electron chi connectivity index (χ2n) is 5.05. The summed E-state index contributed by atoms with van der Waals surface area (Å²) in [5, 5.41) is 0. The Balaban J connectivity index is 2.08. The van der Waals surface area contributed by atoms with Gasteiger partial charge in [-0.05, 0) is 57.4 Å². The van der Waals surface area contributed by atoms with Crippen LogP contribution in [0.4, 0.5) is 4.39 Å². The van der Waals surface area contributed by atoms with E-state index in [9.17, 15) is 4.39 Å². The molecule has 0 bridgehead atoms. The lowest BCUT2D eigenvalue weighted by atomic mass is 9.73. The van der Waals surface area contributed by atoms with Crippen LogP contribution in [0.5, 0.6) is 0 Å². The molecule has 0 nitrogen and oxygen atoms in total. The fourth-order valence-corrected chi connectivity index (χ4v) is 2.07. The average molecular weight is 168 g/mol. The van der Waals surface area contributed by atoms with E-state index in [0.717, 1.165) is 5.57 Å². The maximum atomic E-state index is 13.5. The molecule has 0 aromatic heterocycles. The highest BCUT2D eigenvalue weighted by Crippen LogP contribution is 2.64. The quantitative estimate of drug-likeness (QED) is 0.524. The van der Waals surface area contributed by atoms with Crippen LogP contribution in [-0.2, 0) is 0 Å². The van der Waals surface area contributed by atoms with Crippen molar-refractivity contribution in [1.82, 2.24) is 0 Å². The third-order valence-electron chi connectivity index (χ3n) is 3.56. The van der Waals surface area contributed by atoms with E-state index >= 15 is 0 Å². The molecule has 0 aromatic rings. The highest BCUT2D eigenvalue weighted by Gasteiger charge is 2.51. The molecule has 1 heteroatoms. The number of rotatable bonds is 1. The predicted molar refractivity (Wildman–Crippen MR) is 48.8 cm³/mol. The average Bonchev–Trinajstić information content (AvgIpc) is 2.58. The molecule has 68 valence electrons. The van der Waals surface area contributed by atoms with Gasteiger partial charge < -0.3 is 0 Å². The molecule has 2 fully saturated rings. The first kappa shape index (κ1) is 8.28. The lowest BCUT2D eigenvalue weighted by Crippen LogP contribution is -2.23. The predicted octanol–water partition coefficient (Wildman–Crippen LogP) is 3.63. The van der Waals surface area contributed by atoms with Gasteiger partial charge >= 0.3 is 0 Å². The minimum Gasteiger partial charge on any atom is -0.240 e. The second-order valence-corrected chi connectivity index (χ2v) is 5.05. The molecular weight excluding hydrogens is 151 g/mol. The van der Waals surface area contributed by atoms with Gasteiger partial charge in [0.1, 0.15) is 5.67 Å². The van der Waals surface area contributed by atoms with E-state index in [1.54, 1.807) is 13.8 Å². The van der Waals surface area contributed by atoms with Crippen molar-refractivity contribution in [3.8, 4) is 0 Å². The van der Waals surface area contributed by atoms with Gasteiger partial charge in [-0.25, -0.2) is 4.39 Å². The SMILES string of the molecule is CC(=C1CC2(CC2)C1)C(C)(C)F. The fraction of sp³-hybridized carbons (Fsp3) is 0.818. The van der Waals surface area contributed by atoms with Gasteiger partial charge in [-0.3, -0.25) is 0 Å². The Morgan fingerprint density at radius 3 is 2.17 bits per heavy atom. The van der Waals surface area contributed by atoms with E-state index in [4.69, 9.17) is 0 Å². The smallest absolute Gasteiger partial charge is 0.126 e. The Bertz CT molecular complexity index is 228. The van der Waals surface area contributed by atoms with Gasteiger partial charge in [-0.15, -0.1) is 0 Å². The summed E-state index contributed by atoms with van der Waals surface area (Å²) in [5.74, 6) is 0. The summed E-state index contributed by atoms with van der Waals surface area (Å²) >= 11 is 0. The molecule has 0 aromatic carbocycles. The zero-order valence-corrected chi connectivity index (χ0v) is 8.21. The first-order chi connectivity index (χ1) is 5.43. The van der Waals surface area contributed by atoms with Crippen molar-refractivity contribution < 1.29 is 4.39 Å². The van der Waals surface area contributed by atoms with E-state index in [-0.39, 0.29) is 0 Å². The molecule has 2 aliphatic carbocycles. The van der Waals surface area contributed by atoms with Gasteiger partial charge in [0.2, 0.25) is 0 Å². The number of allylic oxidation sites excluding steroid dienone is 2. The third kappa shape index (κ3) is 1.19. The first-order valence-corrected chi connectivity index (χ1v) is 4.81. The molecule has 0 unspecified atom stereocenters. The van der Waals surface area contributed by atoms with Gasteiger partial charge in [0.15, 0.2) is 0 Å². The van der Waals surface area contributed by atoms with Crippen LogP contribution in [0.1, 0.15) is 46.5 Å². The van der Waals surface area contributed by atoms with Crippen LogP contribution < -0.4 is 0 Å². The van der Waals surface area contributed by atoms with Crippen LogP contribution in [0.3, 0.4) is 0 Å². The Labute approximate surface area is 73.9 Å². The highest BCUT2D eigenvalue weighted by molar-refractivity contribution is 5.32. The van der Waals surface area contributed by atoms with E-state index < -0.39 is 5.67 Å². The fourth-order valence-electron chi connectivity index (χ4n) is 2.07. The minimum absolute atomic E-state index is 0.668. The van der Waals surface area contributed by atoms with E-state index in [0.29, 0.717) is 5.41 Å². The van der Waals surface area contributed by atoms with Gasteiger partial charge in [0, 0.05) is 0 Å². The standard InChI is InChI=1S/C11H17F/c1-8(10(2,3)12)9-6-11(7-9)4-5-11/h4-7H2,1-3H3. The molecule has 2 rings (SSSR count). The normalized spacial score (nSPS) is 25.5. The minimum atomic E-state index is -1.09. The summed E-state index contributed by atoms with van der Waals surface area (Å²) in [5.41, 5.74) is 1.95. The van der Waals surface area contributed by atoms with Crippen molar-refractivity contribution in [2.45, 2.75) is 52.1 Å². The molecule has 2 saturated carbocycles. The van der Waals surface area contributed by atoms with Crippen molar-refractivity contribution in [3.05, 3.63) is 11.1 Å². The molecule has 1 spiro atoms. The van der Waals surface area contributed by atoms with Gasteiger partial charge in [-0.2, -0.15) is 0 Å². The Morgan fingerprint density at radius 2 is 1.83 bits per heavy atom. The summed E-state index contributed by atoms with van der Waals surface area (Å²) < 4.78 is 13.5. The number of hydrogen-bond acceptors (Lipinski definition) is 0. The summed E-state index contributed by atoms with van der Waals surface area (Å²) in [7, 11) is 0. The van der Waals surface area contributed by atoms with Crippen molar-refractivity contribution in [1.29, 1.82) is 0 Å². The lowest BCUT2D eigenvalue weighted by molar-refractivity contribution is 0.255. The van der Waals surface area contributed by atoms with Crippen LogP contribution in [-0.4, -0.2) is 5.67 Å². The zero-order chi connectivity index (χ0) is 8.98. The molecule has 0 atom stereocenters. The van der Waals surface area contributed by atoms with Crippen molar-refractivity contribution in [2.75, 3.05) is 0 Å². The monoisotopic (exact) mass is 168 g/mol. The summed E-state index contributed by atoms with van der Waals surface area (Å²) in [4.78, 5) is 0. The topological polar surface area (TPSA) is 0 Å². The van der Waals surface area contributed by atoms with Crippen LogP contribution in [0.2, 0.25) is 0 Å². The second kappa shape index (κ2) is 2.12. The zero-order valence-electron chi connectivity index (χ0n) is 8.21. The first-order valence-electron chi connectivity index (χ1n) is 4.81. The molecule has 0 N–H and O–H groups in total. The van der Waals surface area contributed by atoms with Crippen molar-refractivity contribution in [3.63, 3.8) is 0 Å². The molecule has 0 aliphatic heterocycles. The van der Waals surface area contributed by atoms with Crippen LogP contribution in [0.25, 0.3) is 0 Å². The maximum absolute atomic E-state index is 13.5. The van der Waals surface area contributed by atoms with Gasteiger partial charge in [-0.1, -0.05) is 5.57 Å². The van der Waals surface area contributed by atoms with E-state index in [2.05, 4.69) is 0 Å². The largest absolute Gasteiger partial charge is 0.240 e. The molecule has 2 aliphatic rings. The van der Waals surface area contributed by atoms with Crippen LogP contribution in [0.15, 0.2) is 11.1 Å². The van der Waals surface area contributed by atoms with Crippen molar-refractivity contribution in [2.24, 2.45) is 5.41 Å². The van der Waals surface area contributed by atoms with Crippen molar-refractivity contribution >= 4 is 0 Å². The van der Waals surface area contributed by atoms with Crippen LogP contribution >= 0.6 is 0 Å². The summed E-state index contributed by atoms with van der Waals surface area (Å²) in [6.07, 6.45) is 5.14. The molecule has 12 heavy (non-hydrogen) atoms. The number of hydrogen-bond donors (Lipinski definition) is 0.